The molecule has 0 aliphatic carbocycles. The fraction of sp³-hybridized carbons (Fsp3) is 0.545. The minimum atomic E-state index is 0.878. The van der Waals surface area contributed by atoms with E-state index < -0.39 is 0 Å². The fourth-order valence-corrected chi connectivity index (χ4v) is 3.79. The molecular weight excluding hydrogens is 318 g/mol. The number of thiophene rings is 1. The Morgan fingerprint density at radius 2 is 2.24 bits per heavy atom. The number of hydrogen-bond donors (Lipinski definition) is 2. The molecule has 1 fully saturated rings. The topological polar surface area (TPSA) is 19.7 Å². The lowest BCUT2D eigenvalue weighted by molar-refractivity contribution is -0.917. The highest BCUT2D eigenvalue weighted by Gasteiger charge is 2.21. The Balaban J connectivity index is 1.81. The Kier molecular flexibility index (Phi) is 4.78. The molecule has 0 unspecified atom stereocenters. The molecule has 0 radical (unpaired) electrons. The molecule has 0 atom stereocenters. The average Bonchev–Trinajstić information content (AvgIpc) is 2.75. The summed E-state index contributed by atoms with van der Waals surface area (Å²) in [5.41, 5.74) is 0. The van der Waals surface area contributed by atoms with Crippen molar-refractivity contribution in [2.45, 2.75) is 6.54 Å². The van der Waals surface area contributed by atoms with Crippen molar-refractivity contribution in [3.63, 3.8) is 0 Å². The van der Waals surface area contributed by atoms with Crippen molar-refractivity contribution in [3.05, 3.63) is 20.8 Å². The van der Waals surface area contributed by atoms with Gasteiger partial charge in [0.25, 0.3) is 0 Å². The van der Waals surface area contributed by atoms with Crippen molar-refractivity contribution in [1.82, 2.24) is 10.2 Å². The molecule has 0 bridgehead atoms. The van der Waals surface area contributed by atoms with E-state index in [2.05, 4.69) is 38.3 Å². The molecule has 1 saturated heterocycles. The Morgan fingerprint density at radius 3 is 2.76 bits per heavy atom. The number of nitrogens with one attached hydrogen (secondary N) is 2. The third-order valence-electron chi connectivity index (χ3n) is 3.02. The van der Waals surface area contributed by atoms with Crippen LogP contribution in [0, 0.1) is 0 Å². The van der Waals surface area contributed by atoms with Crippen LogP contribution in [-0.4, -0.2) is 43.2 Å². The molecule has 1 aromatic rings. The average molecular weight is 335 g/mol. The number of piperazine rings is 1. The van der Waals surface area contributed by atoms with Crippen LogP contribution in [0.15, 0.2) is 15.9 Å². The van der Waals surface area contributed by atoms with Gasteiger partial charge >= 0.3 is 0 Å². The van der Waals surface area contributed by atoms with Gasteiger partial charge < -0.3 is 15.1 Å². The van der Waals surface area contributed by atoms with Crippen molar-refractivity contribution in [2.24, 2.45) is 0 Å². The smallest absolute Gasteiger partial charge is 0.169 e. The summed E-state index contributed by atoms with van der Waals surface area (Å²) in [5, 5.41) is 3.92. The molecule has 0 amide bonds. The van der Waals surface area contributed by atoms with Crippen LogP contribution in [0.4, 0.5) is 0 Å². The predicted octanol–water partition coefficient (Wildman–Crippen LogP) is 0.715. The van der Waals surface area contributed by atoms with Crippen LogP contribution in [-0.2, 0) is 6.54 Å². The SMILES string of the molecule is CNC(=S)N1CC[NH+](Cc2ccc(Br)s2)CC1. The molecule has 3 nitrogen and oxygen atoms in total. The van der Waals surface area contributed by atoms with Gasteiger partial charge in [-0.3, -0.25) is 0 Å². The Bertz CT molecular complexity index is 386. The van der Waals surface area contributed by atoms with Crippen molar-refractivity contribution < 1.29 is 4.90 Å². The number of rotatable bonds is 2. The zero-order valence-corrected chi connectivity index (χ0v) is 13.1. The summed E-state index contributed by atoms with van der Waals surface area (Å²) in [6, 6.07) is 4.35. The monoisotopic (exact) mass is 334 g/mol. The molecule has 2 N–H and O–H groups in total. The summed E-state index contributed by atoms with van der Waals surface area (Å²) < 4.78 is 1.22. The Morgan fingerprint density at radius 1 is 1.53 bits per heavy atom. The Hall–Kier alpha value is -0.170. The van der Waals surface area contributed by atoms with Gasteiger partial charge in [0.2, 0.25) is 0 Å². The van der Waals surface area contributed by atoms with E-state index in [9.17, 15) is 0 Å². The van der Waals surface area contributed by atoms with E-state index in [-0.39, 0.29) is 0 Å². The molecule has 0 saturated carbocycles. The summed E-state index contributed by atoms with van der Waals surface area (Å²) >= 11 is 10.6. The first-order valence-electron chi connectivity index (χ1n) is 5.73. The molecule has 2 rings (SSSR count). The maximum Gasteiger partial charge on any atom is 0.169 e. The number of quaternary nitrogens is 1. The Labute approximate surface area is 120 Å². The molecular formula is C11H17BrN3S2+. The second kappa shape index (κ2) is 6.13. The lowest BCUT2D eigenvalue weighted by Gasteiger charge is -2.33. The van der Waals surface area contributed by atoms with Crippen molar-refractivity contribution in [1.29, 1.82) is 0 Å². The van der Waals surface area contributed by atoms with Crippen LogP contribution in [0.5, 0.6) is 0 Å². The molecule has 2 heterocycles. The van der Waals surface area contributed by atoms with Crippen molar-refractivity contribution in [3.8, 4) is 0 Å². The van der Waals surface area contributed by atoms with E-state index in [0.29, 0.717) is 0 Å². The predicted molar refractivity (Wildman–Crippen MR) is 79.7 cm³/mol. The third-order valence-corrected chi connectivity index (χ3v) is 5.11. The maximum atomic E-state index is 5.25. The van der Waals surface area contributed by atoms with Crippen LogP contribution >= 0.6 is 39.5 Å². The number of hydrogen-bond acceptors (Lipinski definition) is 2. The zero-order chi connectivity index (χ0) is 12.3. The first kappa shape index (κ1) is 13.3. The van der Waals surface area contributed by atoms with Gasteiger partial charge in [0.1, 0.15) is 6.54 Å². The number of halogens is 1. The third kappa shape index (κ3) is 3.64. The summed E-state index contributed by atoms with van der Waals surface area (Å²) in [4.78, 5) is 5.36. The van der Waals surface area contributed by atoms with Gasteiger partial charge in [-0.05, 0) is 40.3 Å². The molecule has 0 aromatic carbocycles. The van der Waals surface area contributed by atoms with Crippen LogP contribution in [0.1, 0.15) is 4.88 Å². The van der Waals surface area contributed by atoms with E-state index >= 15 is 0 Å². The molecule has 1 aromatic heterocycles. The molecule has 94 valence electrons. The molecule has 1 aliphatic rings. The molecule has 0 spiro atoms. The summed E-state index contributed by atoms with van der Waals surface area (Å²) in [7, 11) is 1.89. The van der Waals surface area contributed by atoms with Gasteiger partial charge in [-0.15, -0.1) is 11.3 Å². The molecule has 6 heteroatoms. The number of nitrogens with zero attached hydrogens (tertiary/aromatic N) is 1. The minimum Gasteiger partial charge on any atom is -0.366 e. The van der Waals surface area contributed by atoms with E-state index in [4.69, 9.17) is 12.2 Å². The van der Waals surface area contributed by atoms with Gasteiger partial charge in [-0.2, -0.15) is 0 Å². The van der Waals surface area contributed by atoms with Gasteiger partial charge in [0.05, 0.1) is 34.8 Å². The van der Waals surface area contributed by atoms with Gasteiger partial charge in [0.15, 0.2) is 5.11 Å². The first-order chi connectivity index (χ1) is 8.19. The van der Waals surface area contributed by atoms with Gasteiger partial charge in [-0.1, -0.05) is 0 Å². The molecule has 1 aliphatic heterocycles. The first-order valence-corrected chi connectivity index (χ1v) is 7.75. The van der Waals surface area contributed by atoms with Crippen LogP contribution < -0.4 is 10.2 Å². The van der Waals surface area contributed by atoms with Crippen LogP contribution in [0.2, 0.25) is 0 Å². The quantitative estimate of drug-likeness (QED) is 0.777. The zero-order valence-electron chi connectivity index (χ0n) is 9.83. The van der Waals surface area contributed by atoms with E-state index in [0.717, 1.165) is 37.8 Å². The summed E-state index contributed by atoms with van der Waals surface area (Å²) in [6.07, 6.45) is 0. The van der Waals surface area contributed by atoms with E-state index in [1.807, 2.05) is 18.4 Å². The van der Waals surface area contributed by atoms with Crippen molar-refractivity contribution >= 4 is 44.6 Å². The lowest BCUT2D eigenvalue weighted by atomic mass is 10.3. The highest BCUT2D eigenvalue weighted by molar-refractivity contribution is 9.11. The number of thiocarbonyl (C=S) groups is 1. The molecule has 17 heavy (non-hydrogen) atoms. The highest BCUT2D eigenvalue weighted by Crippen LogP contribution is 2.21. The second-order valence-corrected chi connectivity index (χ2v) is 7.11. The minimum absolute atomic E-state index is 0.878. The standard InChI is InChI=1S/C11H16BrN3S2/c1-13-11(16)15-6-4-14(5-7-15)8-9-2-3-10(12)17-9/h2-3H,4-8H2,1H3,(H,13,16)/p+1. The second-order valence-electron chi connectivity index (χ2n) is 4.17. The van der Waals surface area contributed by atoms with E-state index in [1.54, 1.807) is 4.90 Å². The fourth-order valence-electron chi connectivity index (χ4n) is 2.05. The maximum absolute atomic E-state index is 5.25. The summed E-state index contributed by atoms with van der Waals surface area (Å²) in [6.45, 7) is 5.58. The largest absolute Gasteiger partial charge is 0.366 e. The van der Waals surface area contributed by atoms with Crippen LogP contribution in [0.25, 0.3) is 0 Å². The van der Waals surface area contributed by atoms with Gasteiger partial charge in [0, 0.05) is 7.05 Å². The highest BCUT2D eigenvalue weighted by atomic mass is 79.9. The normalized spacial score (nSPS) is 17.2. The van der Waals surface area contributed by atoms with Crippen molar-refractivity contribution in [2.75, 3.05) is 33.2 Å². The van der Waals surface area contributed by atoms with Gasteiger partial charge in [-0.25, -0.2) is 0 Å². The van der Waals surface area contributed by atoms with E-state index in [1.165, 1.54) is 8.66 Å². The van der Waals surface area contributed by atoms with Crippen LogP contribution in [0.3, 0.4) is 0 Å². The summed E-state index contributed by atoms with van der Waals surface area (Å²) in [5.74, 6) is 0. The lowest BCUT2D eigenvalue weighted by Crippen LogP contribution is -3.13.